The molecule has 1 fully saturated rings. The average molecular weight is 232 g/mol. The second-order valence-corrected chi connectivity index (χ2v) is 4.63. The number of carbonyl (C=O) groups excluding carboxylic acids is 1. The summed E-state index contributed by atoms with van der Waals surface area (Å²) in [5.74, 6) is 0.0677. The lowest BCUT2D eigenvalue weighted by Crippen LogP contribution is -2.39. The van der Waals surface area contributed by atoms with Crippen LogP contribution < -0.4 is 5.73 Å². The van der Waals surface area contributed by atoms with Crippen LogP contribution in [0.15, 0.2) is 30.3 Å². The maximum atomic E-state index is 12.3. The lowest BCUT2D eigenvalue weighted by molar-refractivity contribution is -0.132. The monoisotopic (exact) mass is 232 g/mol. The molecule has 1 aliphatic heterocycles. The topological polar surface area (TPSA) is 46.3 Å². The quantitative estimate of drug-likeness (QED) is 0.848. The third-order valence-corrected chi connectivity index (χ3v) is 3.34. The maximum absolute atomic E-state index is 12.3. The van der Waals surface area contributed by atoms with Gasteiger partial charge >= 0.3 is 0 Å². The Morgan fingerprint density at radius 2 is 1.65 bits per heavy atom. The molecule has 0 saturated carbocycles. The Morgan fingerprint density at radius 3 is 2.24 bits per heavy atom. The molecule has 0 aliphatic carbocycles. The van der Waals surface area contributed by atoms with Crippen LogP contribution in [0.25, 0.3) is 0 Å². The van der Waals surface area contributed by atoms with E-state index in [1.807, 2.05) is 35.2 Å². The zero-order valence-electron chi connectivity index (χ0n) is 10.1. The standard InChI is InChI=1S/C14H20N2O/c15-13(12-8-4-3-5-9-12)14(17)16-10-6-1-2-7-11-16/h3-5,8-9,13H,1-2,6-7,10-11,15H2. The summed E-state index contributed by atoms with van der Waals surface area (Å²) < 4.78 is 0. The second kappa shape index (κ2) is 5.82. The van der Waals surface area contributed by atoms with Crippen LogP contribution in [-0.2, 0) is 4.79 Å². The van der Waals surface area contributed by atoms with Crippen molar-refractivity contribution in [3.63, 3.8) is 0 Å². The number of benzene rings is 1. The molecule has 1 atom stereocenters. The zero-order valence-corrected chi connectivity index (χ0v) is 10.1. The van der Waals surface area contributed by atoms with Gasteiger partial charge in [0.1, 0.15) is 6.04 Å². The molecular weight excluding hydrogens is 212 g/mol. The molecule has 92 valence electrons. The molecule has 1 heterocycles. The van der Waals surface area contributed by atoms with Gasteiger partial charge in [-0.25, -0.2) is 0 Å². The van der Waals surface area contributed by atoms with Crippen molar-refractivity contribution in [3.05, 3.63) is 35.9 Å². The van der Waals surface area contributed by atoms with Gasteiger partial charge in [-0.1, -0.05) is 43.2 Å². The van der Waals surface area contributed by atoms with Crippen LogP contribution in [0.4, 0.5) is 0 Å². The van der Waals surface area contributed by atoms with E-state index in [4.69, 9.17) is 5.73 Å². The Kier molecular flexibility index (Phi) is 4.15. The summed E-state index contributed by atoms with van der Waals surface area (Å²) in [5, 5.41) is 0. The van der Waals surface area contributed by atoms with E-state index in [0.29, 0.717) is 0 Å². The van der Waals surface area contributed by atoms with Crippen LogP contribution in [0.1, 0.15) is 37.3 Å². The van der Waals surface area contributed by atoms with Crippen molar-refractivity contribution in [2.75, 3.05) is 13.1 Å². The molecule has 2 rings (SSSR count). The van der Waals surface area contributed by atoms with Gasteiger partial charge in [-0.3, -0.25) is 4.79 Å². The van der Waals surface area contributed by atoms with Gasteiger partial charge in [-0.15, -0.1) is 0 Å². The van der Waals surface area contributed by atoms with Crippen LogP contribution in [0, 0.1) is 0 Å². The number of hydrogen-bond donors (Lipinski definition) is 1. The van der Waals surface area contributed by atoms with E-state index < -0.39 is 6.04 Å². The third-order valence-electron chi connectivity index (χ3n) is 3.34. The molecule has 2 N–H and O–H groups in total. The van der Waals surface area contributed by atoms with Crippen LogP contribution >= 0.6 is 0 Å². The summed E-state index contributed by atoms with van der Waals surface area (Å²) in [6.07, 6.45) is 4.66. The third kappa shape index (κ3) is 3.07. The number of likely N-dealkylation sites (tertiary alicyclic amines) is 1. The molecule has 0 spiro atoms. The van der Waals surface area contributed by atoms with Gasteiger partial charge in [0.25, 0.3) is 0 Å². The van der Waals surface area contributed by atoms with E-state index in [1.165, 1.54) is 12.8 Å². The highest BCUT2D eigenvalue weighted by atomic mass is 16.2. The highest BCUT2D eigenvalue weighted by molar-refractivity contribution is 5.83. The Balaban J connectivity index is 2.03. The normalized spacial score (nSPS) is 18.5. The molecule has 1 aliphatic rings. The van der Waals surface area contributed by atoms with Gasteiger partial charge in [0.15, 0.2) is 0 Å². The lowest BCUT2D eigenvalue weighted by atomic mass is 10.1. The van der Waals surface area contributed by atoms with Crippen molar-refractivity contribution in [3.8, 4) is 0 Å². The van der Waals surface area contributed by atoms with Crippen LogP contribution in [0.5, 0.6) is 0 Å². The molecule has 1 unspecified atom stereocenters. The number of nitrogens with two attached hydrogens (primary N) is 1. The smallest absolute Gasteiger partial charge is 0.244 e. The van der Waals surface area contributed by atoms with Gasteiger partial charge < -0.3 is 10.6 Å². The van der Waals surface area contributed by atoms with Gasteiger partial charge in [-0.05, 0) is 18.4 Å². The van der Waals surface area contributed by atoms with Crippen LogP contribution in [0.3, 0.4) is 0 Å². The number of carbonyl (C=O) groups is 1. The van der Waals surface area contributed by atoms with Crippen molar-refractivity contribution in [2.45, 2.75) is 31.7 Å². The SMILES string of the molecule is NC(C(=O)N1CCCCCC1)c1ccccc1. The molecule has 1 aromatic rings. The highest BCUT2D eigenvalue weighted by Gasteiger charge is 2.22. The molecule has 1 saturated heterocycles. The Bertz CT molecular complexity index is 356. The summed E-state index contributed by atoms with van der Waals surface area (Å²) in [6, 6.07) is 9.11. The fraction of sp³-hybridized carbons (Fsp3) is 0.500. The summed E-state index contributed by atoms with van der Waals surface area (Å²) in [6.45, 7) is 1.72. The molecular formula is C14H20N2O. The highest BCUT2D eigenvalue weighted by Crippen LogP contribution is 2.16. The largest absolute Gasteiger partial charge is 0.341 e. The minimum absolute atomic E-state index is 0.0677. The molecule has 17 heavy (non-hydrogen) atoms. The van der Waals surface area contributed by atoms with Crippen molar-refractivity contribution >= 4 is 5.91 Å². The van der Waals surface area contributed by atoms with E-state index in [2.05, 4.69) is 0 Å². The first kappa shape index (κ1) is 12.1. The molecule has 0 radical (unpaired) electrons. The molecule has 1 aromatic carbocycles. The van der Waals surface area contributed by atoms with Crippen molar-refractivity contribution in [2.24, 2.45) is 5.73 Å². The van der Waals surface area contributed by atoms with Crippen LogP contribution in [0.2, 0.25) is 0 Å². The average Bonchev–Trinajstić information content (AvgIpc) is 2.67. The second-order valence-electron chi connectivity index (χ2n) is 4.63. The predicted octanol–water partition coefficient (Wildman–Crippen LogP) is 2.09. The fourth-order valence-electron chi connectivity index (χ4n) is 2.29. The Hall–Kier alpha value is -1.35. The number of rotatable bonds is 2. The predicted molar refractivity (Wildman–Crippen MR) is 68.4 cm³/mol. The molecule has 0 aromatic heterocycles. The van der Waals surface area contributed by atoms with Gasteiger partial charge in [0.2, 0.25) is 5.91 Å². The minimum atomic E-state index is -0.505. The molecule has 0 bridgehead atoms. The van der Waals surface area contributed by atoms with Crippen molar-refractivity contribution in [1.82, 2.24) is 4.90 Å². The molecule has 3 heteroatoms. The first-order chi connectivity index (χ1) is 8.29. The number of amides is 1. The first-order valence-corrected chi connectivity index (χ1v) is 6.38. The van der Waals surface area contributed by atoms with Gasteiger partial charge in [-0.2, -0.15) is 0 Å². The molecule has 3 nitrogen and oxygen atoms in total. The first-order valence-electron chi connectivity index (χ1n) is 6.38. The van der Waals surface area contributed by atoms with Crippen molar-refractivity contribution < 1.29 is 4.79 Å². The molecule has 1 amide bonds. The van der Waals surface area contributed by atoms with E-state index in [1.54, 1.807) is 0 Å². The van der Waals surface area contributed by atoms with Crippen molar-refractivity contribution in [1.29, 1.82) is 0 Å². The van der Waals surface area contributed by atoms with E-state index in [0.717, 1.165) is 31.5 Å². The van der Waals surface area contributed by atoms with E-state index in [9.17, 15) is 4.79 Å². The fourth-order valence-corrected chi connectivity index (χ4v) is 2.29. The lowest BCUT2D eigenvalue weighted by Gasteiger charge is -2.24. The Morgan fingerprint density at radius 1 is 1.06 bits per heavy atom. The van der Waals surface area contributed by atoms with E-state index in [-0.39, 0.29) is 5.91 Å². The Labute approximate surface area is 103 Å². The minimum Gasteiger partial charge on any atom is -0.341 e. The van der Waals surface area contributed by atoms with Gasteiger partial charge in [0.05, 0.1) is 0 Å². The van der Waals surface area contributed by atoms with Crippen LogP contribution in [-0.4, -0.2) is 23.9 Å². The number of hydrogen-bond acceptors (Lipinski definition) is 2. The summed E-state index contributed by atoms with van der Waals surface area (Å²) in [7, 11) is 0. The van der Waals surface area contributed by atoms with Gasteiger partial charge in [0, 0.05) is 13.1 Å². The van der Waals surface area contributed by atoms with E-state index >= 15 is 0 Å². The summed E-state index contributed by atoms with van der Waals surface area (Å²) >= 11 is 0. The number of nitrogens with zero attached hydrogens (tertiary/aromatic N) is 1. The summed E-state index contributed by atoms with van der Waals surface area (Å²) in [4.78, 5) is 14.2. The maximum Gasteiger partial charge on any atom is 0.244 e. The summed E-state index contributed by atoms with van der Waals surface area (Å²) in [5.41, 5.74) is 6.93. The zero-order chi connectivity index (χ0) is 12.1.